The van der Waals surface area contributed by atoms with E-state index in [4.69, 9.17) is 0 Å². The summed E-state index contributed by atoms with van der Waals surface area (Å²) in [6, 6.07) is 27.3. The lowest BCUT2D eigenvalue weighted by molar-refractivity contribution is 0.126. The lowest BCUT2D eigenvalue weighted by Crippen LogP contribution is -2.30. The molecule has 0 unspecified atom stereocenters. The second-order valence-corrected chi connectivity index (χ2v) is 10.2. The minimum Gasteiger partial charge on any atom is -0.378 e. The van der Waals surface area contributed by atoms with Gasteiger partial charge in [0.2, 0.25) is 0 Å². The number of anilines is 3. The molecule has 5 nitrogen and oxygen atoms in total. The van der Waals surface area contributed by atoms with Crippen molar-refractivity contribution in [1.29, 1.82) is 0 Å². The Morgan fingerprint density at radius 2 is 0.972 bits per heavy atom. The van der Waals surface area contributed by atoms with Crippen LogP contribution in [-0.4, -0.2) is 64.2 Å². The normalized spacial score (nSPS) is 14.8. The van der Waals surface area contributed by atoms with Gasteiger partial charge in [0.1, 0.15) is 0 Å². The molecule has 0 spiro atoms. The van der Waals surface area contributed by atoms with E-state index in [0.717, 1.165) is 39.3 Å². The third-order valence-corrected chi connectivity index (χ3v) is 7.36. The van der Waals surface area contributed by atoms with Gasteiger partial charge in [-0.05, 0) is 66.9 Å². The van der Waals surface area contributed by atoms with Gasteiger partial charge in [0.25, 0.3) is 0 Å². The maximum absolute atomic E-state index is 2.63. The molecule has 192 valence electrons. The molecule has 36 heavy (non-hydrogen) atoms. The van der Waals surface area contributed by atoms with Gasteiger partial charge in [0.15, 0.2) is 0 Å². The summed E-state index contributed by atoms with van der Waals surface area (Å²) in [5.41, 5.74) is 7.89. The molecule has 0 amide bonds. The van der Waals surface area contributed by atoms with Crippen molar-refractivity contribution in [2.45, 2.75) is 33.1 Å². The quantitative estimate of drug-likeness (QED) is 0.366. The van der Waals surface area contributed by atoms with Crippen LogP contribution >= 0.6 is 0 Å². The molecular formula is C31H43N5. The molecule has 1 saturated heterocycles. The molecule has 0 N–H and O–H groups in total. The summed E-state index contributed by atoms with van der Waals surface area (Å²) >= 11 is 0. The molecule has 1 aliphatic rings. The second-order valence-electron chi connectivity index (χ2n) is 10.2. The van der Waals surface area contributed by atoms with Crippen molar-refractivity contribution in [2.75, 3.05) is 69.1 Å². The van der Waals surface area contributed by atoms with Crippen LogP contribution in [0.4, 0.5) is 17.1 Å². The first-order valence-electron chi connectivity index (χ1n) is 13.2. The smallest absolute Gasteiger partial charge is 0.0892 e. The van der Waals surface area contributed by atoms with Gasteiger partial charge in [0, 0.05) is 84.5 Å². The number of hydrogen-bond donors (Lipinski definition) is 0. The van der Waals surface area contributed by atoms with E-state index in [1.165, 1.54) is 33.8 Å². The van der Waals surface area contributed by atoms with Gasteiger partial charge in [-0.1, -0.05) is 36.4 Å². The molecule has 5 heteroatoms. The molecule has 0 bridgehead atoms. The van der Waals surface area contributed by atoms with Crippen LogP contribution in [0, 0.1) is 0 Å². The third kappa shape index (κ3) is 6.03. The van der Waals surface area contributed by atoms with Crippen molar-refractivity contribution < 1.29 is 0 Å². The first-order valence-corrected chi connectivity index (χ1v) is 13.2. The summed E-state index contributed by atoms with van der Waals surface area (Å²) in [6.45, 7) is 10.5. The Kier molecular flexibility index (Phi) is 8.55. The fourth-order valence-electron chi connectivity index (χ4n) is 5.20. The van der Waals surface area contributed by atoms with Gasteiger partial charge >= 0.3 is 0 Å². The average Bonchev–Trinajstić information content (AvgIpc) is 3.27. The fraction of sp³-hybridized carbons (Fsp3) is 0.419. The number of nitrogens with zero attached hydrogens (tertiary/aromatic N) is 5. The molecule has 0 atom stereocenters. The summed E-state index contributed by atoms with van der Waals surface area (Å²) < 4.78 is 0. The second kappa shape index (κ2) is 11.8. The van der Waals surface area contributed by atoms with Gasteiger partial charge in [-0.15, -0.1) is 0 Å². The van der Waals surface area contributed by atoms with Crippen molar-refractivity contribution in [3.05, 3.63) is 89.5 Å². The average molecular weight is 486 g/mol. The zero-order valence-corrected chi connectivity index (χ0v) is 23.0. The molecule has 1 heterocycles. The zero-order chi connectivity index (χ0) is 25.7. The lowest BCUT2D eigenvalue weighted by Gasteiger charge is -2.32. The van der Waals surface area contributed by atoms with Crippen molar-refractivity contribution in [2.24, 2.45) is 0 Å². The third-order valence-electron chi connectivity index (χ3n) is 7.36. The molecular weight excluding hydrogens is 442 g/mol. The SMILES string of the molecule is CCN(CC)c1ccc(C2N(Cc3ccc(N(C)C)cc3)CCN2Cc2ccc(N(C)C)cc2)cc1. The van der Waals surface area contributed by atoms with E-state index in [9.17, 15) is 0 Å². The Hall–Kier alpha value is -3.02. The zero-order valence-electron chi connectivity index (χ0n) is 23.0. The maximum atomic E-state index is 2.63. The first kappa shape index (κ1) is 26.1. The van der Waals surface area contributed by atoms with Crippen molar-refractivity contribution in [3.8, 4) is 0 Å². The molecule has 3 aromatic carbocycles. The van der Waals surface area contributed by atoms with Crippen molar-refractivity contribution >= 4 is 17.1 Å². The van der Waals surface area contributed by atoms with Crippen molar-refractivity contribution in [1.82, 2.24) is 9.80 Å². The predicted octanol–water partition coefficient (Wildman–Crippen LogP) is 5.68. The summed E-state index contributed by atoms with van der Waals surface area (Å²) in [4.78, 5) is 12.0. The van der Waals surface area contributed by atoms with Crippen LogP contribution in [-0.2, 0) is 13.1 Å². The van der Waals surface area contributed by atoms with Crippen LogP contribution in [0.3, 0.4) is 0 Å². The molecule has 4 rings (SSSR count). The summed E-state index contributed by atoms with van der Waals surface area (Å²) in [5, 5.41) is 0. The highest BCUT2D eigenvalue weighted by molar-refractivity contribution is 5.49. The Morgan fingerprint density at radius 1 is 0.583 bits per heavy atom. The summed E-state index contributed by atoms with van der Waals surface area (Å²) in [7, 11) is 8.37. The van der Waals surface area contributed by atoms with Gasteiger partial charge in [-0.3, -0.25) is 9.80 Å². The highest BCUT2D eigenvalue weighted by atomic mass is 15.4. The monoisotopic (exact) mass is 485 g/mol. The van der Waals surface area contributed by atoms with E-state index >= 15 is 0 Å². The van der Waals surface area contributed by atoms with E-state index in [2.05, 4.69) is 139 Å². The minimum atomic E-state index is 0.262. The number of rotatable bonds is 10. The van der Waals surface area contributed by atoms with E-state index in [1.54, 1.807) is 0 Å². The molecule has 0 aliphatic carbocycles. The van der Waals surface area contributed by atoms with E-state index in [0.29, 0.717) is 0 Å². The topological polar surface area (TPSA) is 16.2 Å². The number of hydrogen-bond acceptors (Lipinski definition) is 5. The largest absolute Gasteiger partial charge is 0.378 e. The molecule has 0 radical (unpaired) electrons. The van der Waals surface area contributed by atoms with Crippen LogP contribution in [0.2, 0.25) is 0 Å². The van der Waals surface area contributed by atoms with Crippen LogP contribution in [0.25, 0.3) is 0 Å². The van der Waals surface area contributed by atoms with Crippen LogP contribution in [0.1, 0.15) is 36.7 Å². The van der Waals surface area contributed by atoms with Crippen LogP contribution < -0.4 is 14.7 Å². The van der Waals surface area contributed by atoms with Gasteiger partial charge in [-0.2, -0.15) is 0 Å². The lowest BCUT2D eigenvalue weighted by atomic mass is 10.1. The Bertz CT molecular complexity index is 1010. The Morgan fingerprint density at radius 3 is 1.33 bits per heavy atom. The predicted molar refractivity (Wildman–Crippen MR) is 155 cm³/mol. The maximum Gasteiger partial charge on any atom is 0.0892 e. The molecule has 1 fully saturated rings. The fourth-order valence-corrected chi connectivity index (χ4v) is 5.20. The van der Waals surface area contributed by atoms with Crippen LogP contribution in [0.5, 0.6) is 0 Å². The van der Waals surface area contributed by atoms with E-state index in [-0.39, 0.29) is 6.17 Å². The van der Waals surface area contributed by atoms with Gasteiger partial charge < -0.3 is 14.7 Å². The van der Waals surface area contributed by atoms with Gasteiger partial charge in [0.05, 0.1) is 6.17 Å². The summed E-state index contributed by atoms with van der Waals surface area (Å²) in [6.07, 6.45) is 0.262. The number of benzene rings is 3. The molecule has 3 aromatic rings. The first-order chi connectivity index (χ1) is 17.4. The molecule has 1 aliphatic heterocycles. The van der Waals surface area contributed by atoms with E-state index in [1.807, 2.05) is 0 Å². The standard InChI is InChI=1S/C31H43N5/c1-7-34(8-2)30-19-13-27(14-20-30)31-35(23-25-9-15-28(16-10-25)32(3)4)21-22-36(31)24-26-11-17-29(18-12-26)33(5)6/h9-20,31H,7-8,21-24H2,1-6H3. The van der Waals surface area contributed by atoms with Crippen LogP contribution in [0.15, 0.2) is 72.8 Å². The van der Waals surface area contributed by atoms with Gasteiger partial charge in [-0.25, -0.2) is 0 Å². The highest BCUT2D eigenvalue weighted by Crippen LogP contribution is 2.34. The van der Waals surface area contributed by atoms with Crippen molar-refractivity contribution in [3.63, 3.8) is 0 Å². The summed E-state index contributed by atoms with van der Waals surface area (Å²) in [5.74, 6) is 0. The molecule has 0 aromatic heterocycles. The Labute approximate surface area is 218 Å². The Balaban J connectivity index is 1.58. The van der Waals surface area contributed by atoms with E-state index < -0.39 is 0 Å². The minimum absolute atomic E-state index is 0.262. The highest BCUT2D eigenvalue weighted by Gasteiger charge is 2.33. The molecule has 0 saturated carbocycles.